The number of piperidine rings is 1. The third-order valence-electron chi connectivity index (χ3n) is 3.75. The van der Waals surface area contributed by atoms with Crippen molar-refractivity contribution in [2.24, 2.45) is 0 Å². The fraction of sp³-hybridized carbons (Fsp3) is 0.625. The molecule has 1 heterocycles. The zero-order valence-electron chi connectivity index (χ0n) is 12.8. The first-order valence-electron chi connectivity index (χ1n) is 7.45. The molecule has 0 amide bonds. The van der Waals surface area contributed by atoms with Gasteiger partial charge in [-0.3, -0.25) is 5.43 Å². The van der Waals surface area contributed by atoms with Gasteiger partial charge >= 0.3 is 0 Å². The second-order valence-corrected chi connectivity index (χ2v) is 5.47. The number of hydrazine groups is 1. The Morgan fingerprint density at radius 3 is 2.45 bits per heavy atom. The molecule has 4 nitrogen and oxygen atoms in total. The van der Waals surface area contributed by atoms with Gasteiger partial charge in [0.15, 0.2) is 11.5 Å². The van der Waals surface area contributed by atoms with Gasteiger partial charge in [0.25, 0.3) is 0 Å². The van der Waals surface area contributed by atoms with Crippen LogP contribution in [0.4, 0.5) is 0 Å². The number of hydrogen-bond donors (Lipinski definition) is 1. The van der Waals surface area contributed by atoms with Crippen LogP contribution in [0.1, 0.15) is 31.7 Å². The minimum absolute atomic E-state index is 0.422. The monoisotopic (exact) mass is 278 g/mol. The van der Waals surface area contributed by atoms with E-state index in [1.54, 1.807) is 14.2 Å². The predicted molar refractivity (Wildman–Crippen MR) is 81.3 cm³/mol. The van der Waals surface area contributed by atoms with Crippen LogP contribution in [0.5, 0.6) is 11.5 Å². The van der Waals surface area contributed by atoms with Crippen LogP contribution >= 0.6 is 0 Å². The maximum Gasteiger partial charge on any atom is 0.160 e. The van der Waals surface area contributed by atoms with E-state index in [4.69, 9.17) is 9.47 Å². The van der Waals surface area contributed by atoms with Crippen LogP contribution in [0.2, 0.25) is 0 Å². The van der Waals surface area contributed by atoms with Crippen LogP contribution in [0.25, 0.3) is 0 Å². The Balaban J connectivity index is 1.91. The second kappa shape index (κ2) is 7.50. The molecule has 1 N–H and O–H groups in total. The fourth-order valence-electron chi connectivity index (χ4n) is 2.74. The van der Waals surface area contributed by atoms with Crippen LogP contribution in [-0.2, 0) is 6.42 Å². The van der Waals surface area contributed by atoms with Crippen LogP contribution in [0.3, 0.4) is 0 Å². The SMILES string of the molecule is COc1ccc(C[C@H](C)NN2CCCCC2)cc1OC. The molecule has 1 aliphatic rings. The summed E-state index contributed by atoms with van der Waals surface area (Å²) >= 11 is 0. The maximum atomic E-state index is 5.35. The second-order valence-electron chi connectivity index (χ2n) is 5.47. The minimum atomic E-state index is 0.422. The van der Waals surface area contributed by atoms with E-state index < -0.39 is 0 Å². The highest BCUT2D eigenvalue weighted by atomic mass is 16.5. The molecule has 1 aliphatic heterocycles. The van der Waals surface area contributed by atoms with Crippen LogP contribution < -0.4 is 14.9 Å². The van der Waals surface area contributed by atoms with Crippen molar-refractivity contribution < 1.29 is 9.47 Å². The Kier molecular flexibility index (Phi) is 5.68. The molecule has 1 aromatic carbocycles. The molecule has 0 aromatic heterocycles. The normalized spacial score (nSPS) is 17.8. The summed E-state index contributed by atoms with van der Waals surface area (Å²) in [7, 11) is 3.34. The summed E-state index contributed by atoms with van der Waals surface area (Å²) in [6, 6.07) is 6.57. The highest BCUT2D eigenvalue weighted by Crippen LogP contribution is 2.28. The molecule has 0 aliphatic carbocycles. The van der Waals surface area contributed by atoms with Gasteiger partial charge in [0.05, 0.1) is 14.2 Å². The van der Waals surface area contributed by atoms with Crippen molar-refractivity contribution in [2.75, 3.05) is 27.3 Å². The molecule has 0 spiro atoms. The lowest BCUT2D eigenvalue weighted by molar-refractivity contribution is 0.132. The number of benzene rings is 1. The lowest BCUT2D eigenvalue weighted by Gasteiger charge is -2.30. The smallest absolute Gasteiger partial charge is 0.160 e. The fourth-order valence-corrected chi connectivity index (χ4v) is 2.74. The molecule has 4 heteroatoms. The number of hydrogen-bond acceptors (Lipinski definition) is 4. The van der Waals surface area contributed by atoms with E-state index in [-0.39, 0.29) is 0 Å². The molecular weight excluding hydrogens is 252 g/mol. The van der Waals surface area contributed by atoms with Crippen molar-refractivity contribution in [3.05, 3.63) is 23.8 Å². The van der Waals surface area contributed by atoms with E-state index >= 15 is 0 Å². The number of nitrogens with zero attached hydrogens (tertiary/aromatic N) is 1. The topological polar surface area (TPSA) is 33.7 Å². The standard InChI is InChI=1S/C16H26N2O2/c1-13(17-18-9-5-4-6-10-18)11-14-7-8-15(19-2)16(12-14)20-3/h7-8,12-13,17H,4-6,9-11H2,1-3H3/t13-/m0/s1. The Labute approximate surface area is 122 Å². The van der Waals surface area contributed by atoms with Crippen molar-refractivity contribution in [3.63, 3.8) is 0 Å². The zero-order valence-corrected chi connectivity index (χ0v) is 12.8. The van der Waals surface area contributed by atoms with Gasteiger partial charge in [0.1, 0.15) is 0 Å². The molecule has 1 fully saturated rings. The van der Waals surface area contributed by atoms with Crippen molar-refractivity contribution in [2.45, 2.75) is 38.6 Å². The molecule has 112 valence electrons. The first kappa shape index (κ1) is 15.1. The van der Waals surface area contributed by atoms with Gasteiger partial charge in [-0.15, -0.1) is 0 Å². The molecule has 1 atom stereocenters. The highest BCUT2D eigenvalue weighted by molar-refractivity contribution is 5.43. The lowest BCUT2D eigenvalue weighted by Crippen LogP contribution is -2.46. The van der Waals surface area contributed by atoms with Gasteiger partial charge in [-0.1, -0.05) is 12.5 Å². The summed E-state index contributed by atoms with van der Waals surface area (Å²) in [6.07, 6.45) is 4.95. The average Bonchev–Trinajstić information content (AvgIpc) is 2.48. The van der Waals surface area contributed by atoms with Gasteiger partial charge in [0.2, 0.25) is 0 Å². The van der Waals surface area contributed by atoms with Crippen molar-refractivity contribution in [1.29, 1.82) is 0 Å². The van der Waals surface area contributed by atoms with Gasteiger partial charge in [-0.05, 0) is 43.9 Å². The third kappa shape index (κ3) is 4.12. The van der Waals surface area contributed by atoms with Crippen molar-refractivity contribution >= 4 is 0 Å². The van der Waals surface area contributed by atoms with Crippen LogP contribution in [-0.4, -0.2) is 38.4 Å². The first-order valence-corrected chi connectivity index (χ1v) is 7.45. The Hall–Kier alpha value is -1.26. The van der Waals surface area contributed by atoms with Gasteiger partial charge in [0, 0.05) is 19.1 Å². The quantitative estimate of drug-likeness (QED) is 0.867. The first-order chi connectivity index (χ1) is 9.72. The molecule has 2 rings (SSSR count). The summed E-state index contributed by atoms with van der Waals surface area (Å²) < 4.78 is 10.6. The van der Waals surface area contributed by atoms with Crippen molar-refractivity contribution in [1.82, 2.24) is 10.4 Å². The third-order valence-corrected chi connectivity index (χ3v) is 3.75. The molecule has 1 saturated heterocycles. The summed E-state index contributed by atoms with van der Waals surface area (Å²) in [5.74, 6) is 1.59. The maximum absolute atomic E-state index is 5.35. The molecule has 0 radical (unpaired) electrons. The number of methoxy groups -OCH3 is 2. The summed E-state index contributed by atoms with van der Waals surface area (Å²) in [4.78, 5) is 0. The minimum Gasteiger partial charge on any atom is -0.493 e. The highest BCUT2D eigenvalue weighted by Gasteiger charge is 2.13. The average molecular weight is 278 g/mol. The van der Waals surface area contributed by atoms with E-state index in [9.17, 15) is 0 Å². The van der Waals surface area contributed by atoms with Crippen LogP contribution in [0, 0.1) is 0 Å². The molecule has 0 bridgehead atoms. The van der Waals surface area contributed by atoms with E-state index in [0.717, 1.165) is 31.0 Å². The zero-order chi connectivity index (χ0) is 14.4. The van der Waals surface area contributed by atoms with Gasteiger partial charge < -0.3 is 9.47 Å². The summed E-state index contributed by atoms with van der Waals surface area (Å²) in [6.45, 7) is 4.55. The molecule has 0 unspecified atom stereocenters. The molecule has 20 heavy (non-hydrogen) atoms. The number of rotatable bonds is 6. The molecule has 0 saturated carbocycles. The lowest BCUT2D eigenvalue weighted by atomic mass is 10.1. The van der Waals surface area contributed by atoms with E-state index in [1.165, 1.54) is 24.8 Å². The summed E-state index contributed by atoms with van der Waals surface area (Å²) in [5.41, 5.74) is 4.86. The predicted octanol–water partition coefficient (Wildman–Crippen LogP) is 2.63. The van der Waals surface area contributed by atoms with Gasteiger partial charge in [-0.2, -0.15) is 0 Å². The van der Waals surface area contributed by atoms with E-state index in [0.29, 0.717) is 6.04 Å². The Morgan fingerprint density at radius 2 is 1.80 bits per heavy atom. The van der Waals surface area contributed by atoms with E-state index in [2.05, 4.69) is 29.5 Å². The van der Waals surface area contributed by atoms with E-state index in [1.807, 2.05) is 6.07 Å². The largest absolute Gasteiger partial charge is 0.493 e. The number of nitrogens with one attached hydrogen (secondary N) is 1. The van der Waals surface area contributed by atoms with Crippen LogP contribution in [0.15, 0.2) is 18.2 Å². The molecular formula is C16H26N2O2. The molecule has 1 aromatic rings. The number of ether oxygens (including phenoxy) is 2. The Bertz CT molecular complexity index is 417. The summed E-state index contributed by atoms with van der Waals surface area (Å²) in [5, 5.41) is 2.36. The Morgan fingerprint density at radius 1 is 1.10 bits per heavy atom. The van der Waals surface area contributed by atoms with Crippen molar-refractivity contribution in [3.8, 4) is 11.5 Å². The van der Waals surface area contributed by atoms with Gasteiger partial charge in [-0.25, -0.2) is 5.01 Å².